The molecule has 2 aromatic rings. The topological polar surface area (TPSA) is 44.9 Å². The Morgan fingerprint density at radius 1 is 1.45 bits per heavy atom. The molecule has 6 heteroatoms. The number of nitrogens with zero attached hydrogens (tertiary/aromatic N) is 4. The smallest absolute Gasteiger partial charge is 0.159 e. The van der Waals surface area contributed by atoms with Gasteiger partial charge in [0, 0.05) is 26.0 Å². The highest BCUT2D eigenvalue weighted by atomic mass is 35.5. The molecule has 0 bridgehead atoms. The van der Waals surface area contributed by atoms with E-state index in [2.05, 4.69) is 16.6 Å². The summed E-state index contributed by atoms with van der Waals surface area (Å²) in [6.07, 6.45) is 3.92. The van der Waals surface area contributed by atoms with Crippen LogP contribution in [0, 0.1) is 0 Å². The molecule has 0 spiro atoms. The lowest BCUT2D eigenvalue weighted by atomic mass is 10.1. The van der Waals surface area contributed by atoms with E-state index in [0.717, 1.165) is 61.6 Å². The summed E-state index contributed by atoms with van der Waals surface area (Å²) in [7, 11) is 1.99. The Bertz CT molecular complexity index is 598. The van der Waals surface area contributed by atoms with Crippen LogP contribution in [0.2, 0.25) is 0 Å². The van der Waals surface area contributed by atoms with E-state index in [9.17, 15) is 0 Å². The molecular formula is C14H21ClN4O. The van der Waals surface area contributed by atoms with Crippen molar-refractivity contribution in [3.8, 4) is 0 Å². The van der Waals surface area contributed by atoms with Crippen LogP contribution in [0.3, 0.4) is 0 Å². The summed E-state index contributed by atoms with van der Waals surface area (Å²) in [5.41, 5.74) is 3.20. The third kappa shape index (κ3) is 2.23. The lowest BCUT2D eigenvalue weighted by molar-refractivity contribution is 0.0592. The van der Waals surface area contributed by atoms with Crippen LogP contribution in [-0.4, -0.2) is 38.4 Å². The first kappa shape index (κ1) is 13.9. The van der Waals surface area contributed by atoms with Gasteiger partial charge in [0.05, 0.1) is 18.3 Å². The number of hydrogen-bond donors (Lipinski definition) is 0. The molecule has 0 aromatic carbocycles. The summed E-state index contributed by atoms with van der Waals surface area (Å²) in [5.74, 6) is 1.65. The van der Waals surface area contributed by atoms with Gasteiger partial charge in [0.2, 0.25) is 0 Å². The van der Waals surface area contributed by atoms with Crippen LogP contribution < -0.4 is 0 Å². The maximum Gasteiger partial charge on any atom is 0.159 e. The van der Waals surface area contributed by atoms with Crippen molar-refractivity contribution in [2.24, 2.45) is 7.05 Å². The van der Waals surface area contributed by atoms with Crippen LogP contribution in [-0.2, 0) is 24.6 Å². The van der Waals surface area contributed by atoms with Crippen LogP contribution in [0.5, 0.6) is 0 Å². The number of aryl methyl sites for hydroxylation is 3. The highest BCUT2D eigenvalue weighted by molar-refractivity contribution is 6.17. The largest absolute Gasteiger partial charge is 0.379 e. The van der Waals surface area contributed by atoms with E-state index in [0.29, 0.717) is 11.9 Å². The number of halogens is 1. The third-order valence-corrected chi connectivity index (χ3v) is 4.15. The summed E-state index contributed by atoms with van der Waals surface area (Å²) in [5, 5.41) is 4.58. The van der Waals surface area contributed by atoms with Crippen molar-refractivity contribution < 1.29 is 4.74 Å². The van der Waals surface area contributed by atoms with Crippen molar-refractivity contribution in [3.05, 3.63) is 11.5 Å². The number of hydrogen-bond acceptors (Lipinski definition) is 3. The predicted molar refractivity (Wildman–Crippen MR) is 79.4 cm³/mol. The minimum absolute atomic E-state index is 0.354. The molecule has 0 aliphatic carbocycles. The van der Waals surface area contributed by atoms with Crippen molar-refractivity contribution in [2.75, 3.05) is 19.1 Å². The fourth-order valence-electron chi connectivity index (χ4n) is 3.06. The van der Waals surface area contributed by atoms with Gasteiger partial charge in [-0.25, -0.2) is 4.98 Å². The molecule has 1 aliphatic heterocycles. The van der Waals surface area contributed by atoms with E-state index >= 15 is 0 Å². The fraction of sp³-hybridized carbons (Fsp3) is 0.714. The summed E-state index contributed by atoms with van der Waals surface area (Å²) in [4.78, 5) is 4.81. The standard InChI is InChI=1S/C14H21ClN4O/c1-3-11-13-14(18(2)17-11)19(12(16-13)6-7-15)10-5-4-8-20-9-10/h10H,3-9H2,1-2H3. The number of fused-ring (bicyclic) bond motifs is 1. The Balaban J connectivity index is 2.14. The summed E-state index contributed by atoms with van der Waals surface area (Å²) >= 11 is 5.95. The van der Waals surface area contributed by atoms with Crippen LogP contribution in [0.25, 0.3) is 11.2 Å². The molecule has 1 aliphatic rings. The molecule has 1 fully saturated rings. The SMILES string of the molecule is CCc1nn(C)c2c1nc(CCCl)n2C1CCCOC1. The molecule has 3 rings (SSSR count). The Kier molecular flexibility index (Phi) is 3.98. The predicted octanol–water partition coefficient (Wildman–Crippen LogP) is 2.47. The van der Waals surface area contributed by atoms with Crippen molar-refractivity contribution >= 4 is 22.8 Å². The number of alkyl halides is 1. The lowest BCUT2D eigenvalue weighted by Crippen LogP contribution is -2.24. The minimum atomic E-state index is 0.354. The molecule has 0 N–H and O–H groups in total. The maximum atomic E-state index is 5.95. The van der Waals surface area contributed by atoms with E-state index in [1.54, 1.807) is 0 Å². The maximum absolute atomic E-state index is 5.95. The van der Waals surface area contributed by atoms with Crippen molar-refractivity contribution in [2.45, 2.75) is 38.6 Å². The van der Waals surface area contributed by atoms with Gasteiger partial charge < -0.3 is 9.30 Å². The Labute approximate surface area is 123 Å². The molecule has 20 heavy (non-hydrogen) atoms. The molecular weight excluding hydrogens is 276 g/mol. The van der Waals surface area contributed by atoms with E-state index in [1.807, 2.05) is 11.7 Å². The van der Waals surface area contributed by atoms with Gasteiger partial charge in [-0.1, -0.05) is 6.92 Å². The van der Waals surface area contributed by atoms with E-state index in [-0.39, 0.29) is 0 Å². The van der Waals surface area contributed by atoms with Crippen molar-refractivity contribution in [1.29, 1.82) is 0 Å². The molecule has 110 valence electrons. The first-order chi connectivity index (χ1) is 9.76. The number of rotatable bonds is 4. The first-order valence-corrected chi connectivity index (χ1v) is 7.86. The number of imidazole rings is 1. The second kappa shape index (κ2) is 5.74. The van der Waals surface area contributed by atoms with Crippen molar-refractivity contribution in [1.82, 2.24) is 19.3 Å². The Hall–Kier alpha value is -1.07. The van der Waals surface area contributed by atoms with E-state index < -0.39 is 0 Å². The normalized spacial score (nSPS) is 19.9. The number of aromatic nitrogens is 4. The quantitative estimate of drug-likeness (QED) is 0.814. The van der Waals surface area contributed by atoms with Gasteiger partial charge in [-0.15, -0.1) is 11.6 Å². The van der Waals surface area contributed by atoms with E-state index in [1.165, 1.54) is 0 Å². The minimum Gasteiger partial charge on any atom is -0.379 e. The third-order valence-electron chi connectivity index (χ3n) is 3.96. The van der Waals surface area contributed by atoms with Crippen molar-refractivity contribution in [3.63, 3.8) is 0 Å². The molecule has 0 saturated carbocycles. The number of ether oxygens (including phenoxy) is 1. The zero-order chi connectivity index (χ0) is 14.1. The monoisotopic (exact) mass is 296 g/mol. The van der Waals surface area contributed by atoms with Gasteiger partial charge in [-0.05, 0) is 19.3 Å². The zero-order valence-electron chi connectivity index (χ0n) is 12.1. The van der Waals surface area contributed by atoms with Crippen LogP contribution in [0.1, 0.15) is 37.3 Å². The lowest BCUT2D eigenvalue weighted by Gasteiger charge is -2.25. The molecule has 2 aromatic heterocycles. The molecule has 0 amide bonds. The first-order valence-electron chi connectivity index (χ1n) is 7.32. The second-order valence-electron chi connectivity index (χ2n) is 5.30. The van der Waals surface area contributed by atoms with Crippen LogP contribution in [0.4, 0.5) is 0 Å². The molecule has 5 nitrogen and oxygen atoms in total. The summed E-state index contributed by atoms with van der Waals surface area (Å²) in [6.45, 7) is 3.74. The van der Waals surface area contributed by atoms with Gasteiger partial charge >= 0.3 is 0 Å². The average molecular weight is 297 g/mol. The molecule has 1 saturated heterocycles. The van der Waals surface area contributed by atoms with E-state index in [4.69, 9.17) is 21.3 Å². The summed E-state index contributed by atoms with van der Waals surface area (Å²) < 4.78 is 9.91. The zero-order valence-corrected chi connectivity index (χ0v) is 12.9. The second-order valence-corrected chi connectivity index (χ2v) is 5.68. The summed E-state index contributed by atoms with van der Waals surface area (Å²) in [6, 6.07) is 0.354. The fourth-order valence-corrected chi connectivity index (χ4v) is 3.23. The average Bonchev–Trinajstić information content (AvgIpc) is 2.98. The molecule has 1 atom stereocenters. The molecule has 3 heterocycles. The Morgan fingerprint density at radius 2 is 2.30 bits per heavy atom. The molecule has 1 unspecified atom stereocenters. The Morgan fingerprint density at radius 3 is 2.95 bits per heavy atom. The highest BCUT2D eigenvalue weighted by Gasteiger charge is 2.25. The van der Waals surface area contributed by atoms with Gasteiger partial charge in [0.1, 0.15) is 11.3 Å². The van der Waals surface area contributed by atoms with Gasteiger partial charge in [-0.3, -0.25) is 4.68 Å². The van der Waals surface area contributed by atoms with Gasteiger partial charge in [0.15, 0.2) is 5.65 Å². The van der Waals surface area contributed by atoms with Crippen LogP contribution >= 0.6 is 11.6 Å². The molecule has 0 radical (unpaired) electrons. The van der Waals surface area contributed by atoms with Gasteiger partial charge in [0.25, 0.3) is 0 Å². The van der Waals surface area contributed by atoms with Gasteiger partial charge in [-0.2, -0.15) is 5.10 Å². The highest BCUT2D eigenvalue weighted by Crippen LogP contribution is 2.28. The van der Waals surface area contributed by atoms with Crippen LogP contribution in [0.15, 0.2) is 0 Å².